The monoisotopic (exact) mass is 354 g/mol. The van der Waals surface area contributed by atoms with Crippen molar-refractivity contribution in [1.29, 1.82) is 0 Å². The predicted molar refractivity (Wildman–Crippen MR) is 97.8 cm³/mol. The van der Waals surface area contributed by atoms with Crippen molar-refractivity contribution in [1.82, 2.24) is 20.0 Å². The molecule has 0 fully saturated rings. The number of hydrogen-bond acceptors (Lipinski definition) is 5. The van der Waals surface area contributed by atoms with E-state index in [9.17, 15) is 9.59 Å². The molecule has 26 heavy (non-hydrogen) atoms. The number of nitrogens with one attached hydrogen (secondary N) is 1. The van der Waals surface area contributed by atoms with E-state index in [2.05, 4.69) is 22.4 Å². The van der Waals surface area contributed by atoms with Gasteiger partial charge in [-0.05, 0) is 30.9 Å². The fraction of sp³-hybridized carbons (Fsp3) is 0.368. The molecule has 2 heterocycles. The molecule has 136 valence electrons. The maximum absolute atomic E-state index is 12.7. The Bertz CT molecular complexity index is 986. The number of benzene rings is 1. The van der Waals surface area contributed by atoms with Gasteiger partial charge in [0, 0.05) is 6.54 Å². The third kappa shape index (κ3) is 3.51. The first-order chi connectivity index (χ1) is 12.5. The van der Waals surface area contributed by atoms with Gasteiger partial charge in [-0.25, -0.2) is 0 Å². The number of hydrogen-bond donors (Lipinski definition) is 1. The van der Waals surface area contributed by atoms with Crippen LogP contribution in [0.1, 0.15) is 36.5 Å². The van der Waals surface area contributed by atoms with E-state index >= 15 is 0 Å². The number of carbonyl (C=O) groups excluding carboxylic acids is 1. The van der Waals surface area contributed by atoms with Gasteiger partial charge in [0.2, 0.25) is 5.91 Å². The van der Waals surface area contributed by atoms with E-state index in [1.54, 1.807) is 6.92 Å². The predicted octanol–water partition coefficient (Wildman–Crippen LogP) is 2.13. The first-order valence-corrected chi connectivity index (χ1v) is 8.73. The average Bonchev–Trinajstić information content (AvgIpc) is 3.06. The van der Waals surface area contributed by atoms with Crippen LogP contribution in [0.25, 0.3) is 11.1 Å². The summed E-state index contributed by atoms with van der Waals surface area (Å²) >= 11 is 0. The van der Waals surface area contributed by atoms with Crippen LogP contribution >= 0.6 is 0 Å². The summed E-state index contributed by atoms with van der Waals surface area (Å²) in [7, 11) is 0. The lowest BCUT2D eigenvalue weighted by molar-refractivity contribution is -0.121. The van der Waals surface area contributed by atoms with E-state index in [4.69, 9.17) is 4.52 Å². The van der Waals surface area contributed by atoms with E-state index in [1.807, 2.05) is 31.2 Å². The number of aryl methyl sites for hydroxylation is 3. The average molecular weight is 354 g/mol. The van der Waals surface area contributed by atoms with Crippen molar-refractivity contribution in [3.63, 3.8) is 0 Å². The van der Waals surface area contributed by atoms with Gasteiger partial charge in [-0.15, -0.1) is 0 Å². The smallest absolute Gasteiger partial charge is 0.267 e. The number of aromatic nitrogens is 3. The highest BCUT2D eigenvalue weighted by atomic mass is 16.5. The number of amides is 1. The van der Waals surface area contributed by atoms with Crippen molar-refractivity contribution in [2.75, 3.05) is 0 Å². The maximum Gasteiger partial charge on any atom is 0.267 e. The minimum absolute atomic E-state index is 0.0883. The Hall–Kier alpha value is -2.96. The van der Waals surface area contributed by atoms with Gasteiger partial charge in [-0.3, -0.25) is 14.2 Å². The second-order valence-electron chi connectivity index (χ2n) is 6.16. The molecule has 7 nitrogen and oxygen atoms in total. The lowest BCUT2D eigenvalue weighted by Gasteiger charge is -2.10. The van der Waals surface area contributed by atoms with E-state index in [1.165, 1.54) is 10.1 Å². The minimum Gasteiger partial charge on any atom is -0.350 e. The summed E-state index contributed by atoms with van der Waals surface area (Å²) in [6, 6.07) is 8.09. The molecule has 0 aliphatic rings. The van der Waals surface area contributed by atoms with E-state index < -0.39 is 0 Å². The molecule has 1 N–H and O–H groups in total. The van der Waals surface area contributed by atoms with E-state index in [0.717, 1.165) is 12.0 Å². The van der Waals surface area contributed by atoms with E-state index in [-0.39, 0.29) is 23.7 Å². The van der Waals surface area contributed by atoms with Crippen molar-refractivity contribution in [2.24, 2.45) is 0 Å². The summed E-state index contributed by atoms with van der Waals surface area (Å²) in [6.07, 6.45) is 1.54. The minimum atomic E-state index is -0.298. The molecule has 0 aliphatic heterocycles. The molecule has 0 saturated carbocycles. The SMILES string of the molecule is CCc1ccc(CNC(=O)Cn2c(C)nc3onc(CC)c3c2=O)cc1. The molecule has 3 aromatic rings. The van der Waals surface area contributed by atoms with Crippen LogP contribution in [-0.4, -0.2) is 20.6 Å². The van der Waals surface area contributed by atoms with Crippen LogP contribution in [0.3, 0.4) is 0 Å². The molecule has 0 saturated heterocycles. The Kier molecular flexibility index (Phi) is 5.16. The number of rotatable bonds is 6. The fourth-order valence-corrected chi connectivity index (χ4v) is 2.81. The molecular formula is C19H22N4O3. The van der Waals surface area contributed by atoms with Gasteiger partial charge in [0.1, 0.15) is 17.8 Å². The summed E-state index contributed by atoms with van der Waals surface area (Å²) in [4.78, 5) is 29.3. The van der Waals surface area contributed by atoms with Gasteiger partial charge in [0.05, 0.1) is 5.69 Å². The lowest BCUT2D eigenvalue weighted by atomic mass is 10.1. The normalized spacial score (nSPS) is 11.0. The Morgan fingerprint density at radius 3 is 2.50 bits per heavy atom. The van der Waals surface area contributed by atoms with Crippen LogP contribution in [0.15, 0.2) is 33.6 Å². The molecule has 0 atom stereocenters. The zero-order chi connectivity index (χ0) is 18.7. The summed E-state index contributed by atoms with van der Waals surface area (Å²) in [6.45, 7) is 5.99. The molecule has 0 unspecified atom stereocenters. The fourth-order valence-electron chi connectivity index (χ4n) is 2.81. The Labute approximate surface area is 151 Å². The van der Waals surface area contributed by atoms with Gasteiger partial charge in [-0.1, -0.05) is 43.3 Å². The Morgan fingerprint density at radius 1 is 1.15 bits per heavy atom. The molecule has 2 aromatic heterocycles. The van der Waals surface area contributed by atoms with Gasteiger partial charge >= 0.3 is 0 Å². The third-order valence-electron chi connectivity index (χ3n) is 4.42. The highest BCUT2D eigenvalue weighted by molar-refractivity contribution is 5.78. The third-order valence-corrected chi connectivity index (χ3v) is 4.42. The molecule has 1 aromatic carbocycles. The van der Waals surface area contributed by atoms with Crippen LogP contribution in [0.4, 0.5) is 0 Å². The van der Waals surface area contributed by atoms with Gasteiger partial charge < -0.3 is 9.84 Å². The molecule has 0 aliphatic carbocycles. The number of fused-ring (bicyclic) bond motifs is 1. The molecule has 1 amide bonds. The van der Waals surface area contributed by atoms with Gasteiger partial charge in [0.15, 0.2) is 0 Å². The first-order valence-electron chi connectivity index (χ1n) is 8.73. The molecule has 0 radical (unpaired) electrons. The number of nitrogens with zero attached hydrogens (tertiary/aromatic N) is 3. The lowest BCUT2D eigenvalue weighted by Crippen LogP contribution is -2.33. The zero-order valence-electron chi connectivity index (χ0n) is 15.2. The van der Waals surface area contributed by atoms with E-state index in [0.29, 0.717) is 29.9 Å². The summed E-state index contributed by atoms with van der Waals surface area (Å²) in [5.74, 6) is 0.175. The zero-order valence-corrected chi connectivity index (χ0v) is 15.2. The second-order valence-corrected chi connectivity index (χ2v) is 6.16. The summed E-state index contributed by atoms with van der Waals surface area (Å²) in [5, 5.41) is 7.07. The van der Waals surface area contributed by atoms with Crippen LogP contribution in [0.2, 0.25) is 0 Å². The Morgan fingerprint density at radius 2 is 1.85 bits per heavy atom. The standard InChI is InChI=1S/C19H22N4O3/c1-4-13-6-8-14(9-7-13)10-20-16(24)11-23-12(3)21-18-17(19(23)25)15(5-2)22-26-18/h6-9H,4-5,10-11H2,1-3H3,(H,20,24). The summed E-state index contributed by atoms with van der Waals surface area (Å²) < 4.78 is 6.47. The second kappa shape index (κ2) is 7.51. The highest BCUT2D eigenvalue weighted by Gasteiger charge is 2.17. The van der Waals surface area contributed by atoms with Crippen molar-refractivity contribution < 1.29 is 9.32 Å². The number of carbonyl (C=O) groups is 1. The summed E-state index contributed by atoms with van der Waals surface area (Å²) in [5.41, 5.74) is 2.75. The van der Waals surface area contributed by atoms with Crippen molar-refractivity contribution in [2.45, 2.75) is 46.7 Å². The van der Waals surface area contributed by atoms with Crippen LogP contribution in [0, 0.1) is 6.92 Å². The van der Waals surface area contributed by atoms with Crippen LogP contribution in [-0.2, 0) is 30.7 Å². The maximum atomic E-state index is 12.7. The van der Waals surface area contributed by atoms with Crippen molar-refractivity contribution in [3.8, 4) is 0 Å². The molecule has 3 rings (SSSR count). The molecule has 7 heteroatoms. The van der Waals surface area contributed by atoms with Gasteiger partial charge in [0.25, 0.3) is 11.3 Å². The van der Waals surface area contributed by atoms with Crippen molar-refractivity contribution >= 4 is 17.0 Å². The largest absolute Gasteiger partial charge is 0.350 e. The quantitative estimate of drug-likeness (QED) is 0.732. The topological polar surface area (TPSA) is 90.0 Å². The van der Waals surface area contributed by atoms with Crippen LogP contribution < -0.4 is 10.9 Å². The van der Waals surface area contributed by atoms with Crippen LogP contribution in [0.5, 0.6) is 0 Å². The van der Waals surface area contributed by atoms with Crippen molar-refractivity contribution in [3.05, 3.63) is 57.3 Å². The first kappa shape index (κ1) is 17.8. The van der Waals surface area contributed by atoms with Gasteiger partial charge in [-0.2, -0.15) is 4.98 Å². The highest BCUT2D eigenvalue weighted by Crippen LogP contribution is 2.13. The molecule has 0 spiro atoms. The molecular weight excluding hydrogens is 332 g/mol. The molecule has 0 bridgehead atoms. The Balaban J connectivity index is 1.75.